The molecule has 1 aromatic carbocycles. The van der Waals surface area contributed by atoms with Crippen LogP contribution in [-0.4, -0.2) is 42.5 Å². The quantitative estimate of drug-likeness (QED) is 0.518. The number of likely N-dealkylation sites (tertiary alicyclic amines) is 1. The van der Waals surface area contributed by atoms with Gasteiger partial charge in [-0.15, -0.1) is 11.3 Å². The van der Waals surface area contributed by atoms with Gasteiger partial charge in [-0.3, -0.25) is 4.90 Å². The first-order chi connectivity index (χ1) is 14.0. The summed E-state index contributed by atoms with van der Waals surface area (Å²) in [6.07, 6.45) is 2.41. The van der Waals surface area contributed by atoms with E-state index in [2.05, 4.69) is 60.5 Å². The molecule has 0 bridgehead atoms. The normalized spacial score (nSPS) is 20.7. The fourth-order valence-electron chi connectivity index (χ4n) is 4.01. The van der Waals surface area contributed by atoms with E-state index in [1.165, 1.54) is 23.3 Å². The number of aliphatic imine (C=N–C) groups is 1. The van der Waals surface area contributed by atoms with Gasteiger partial charge in [-0.1, -0.05) is 23.7 Å². The first kappa shape index (κ1) is 22.1. The molecule has 2 N–H and O–H groups in total. The second kappa shape index (κ2) is 10.4. The fourth-order valence-corrected chi connectivity index (χ4v) is 5.07. The lowest BCUT2D eigenvalue weighted by Crippen LogP contribution is -2.45. The Morgan fingerprint density at radius 3 is 2.86 bits per heavy atom. The van der Waals surface area contributed by atoms with Gasteiger partial charge < -0.3 is 10.6 Å². The smallest absolute Gasteiger partial charge is 0.191 e. The standard InChI is InChI=1S/C22H32ClN5S/c1-5-24-22(26-14-20-27-15(2)16(3)29-20)25-13-18-9-7-11-28(4)21(18)17-8-6-10-19(23)12-17/h6,8,10,12,18,21H,5,7,9,11,13-14H2,1-4H3,(H2,24,25,26). The molecule has 0 spiro atoms. The number of nitrogens with zero attached hydrogens (tertiary/aromatic N) is 3. The Balaban J connectivity index is 1.68. The van der Waals surface area contributed by atoms with Gasteiger partial charge in [0.1, 0.15) is 5.01 Å². The van der Waals surface area contributed by atoms with Gasteiger partial charge in [0.2, 0.25) is 0 Å². The van der Waals surface area contributed by atoms with Gasteiger partial charge in [-0.2, -0.15) is 0 Å². The van der Waals surface area contributed by atoms with Crippen molar-refractivity contribution in [1.82, 2.24) is 20.5 Å². The van der Waals surface area contributed by atoms with Gasteiger partial charge in [-0.25, -0.2) is 9.98 Å². The minimum Gasteiger partial charge on any atom is -0.357 e. The van der Waals surface area contributed by atoms with Crippen LogP contribution < -0.4 is 10.6 Å². The summed E-state index contributed by atoms with van der Waals surface area (Å²) in [5.74, 6) is 1.36. The maximum atomic E-state index is 6.27. The Hall–Kier alpha value is -1.63. The van der Waals surface area contributed by atoms with Crippen LogP contribution in [0.3, 0.4) is 0 Å². The molecule has 3 rings (SSSR count). The number of aromatic nitrogens is 1. The highest BCUT2D eigenvalue weighted by Crippen LogP contribution is 2.35. The zero-order valence-electron chi connectivity index (χ0n) is 17.8. The van der Waals surface area contributed by atoms with Gasteiger partial charge >= 0.3 is 0 Å². The molecule has 2 heterocycles. The summed E-state index contributed by atoms with van der Waals surface area (Å²) >= 11 is 8.00. The molecule has 2 atom stereocenters. The number of rotatable bonds is 6. The minimum absolute atomic E-state index is 0.363. The number of guanidine groups is 1. The number of hydrogen-bond acceptors (Lipinski definition) is 4. The number of hydrogen-bond donors (Lipinski definition) is 2. The van der Waals surface area contributed by atoms with E-state index in [0.29, 0.717) is 18.5 Å². The zero-order chi connectivity index (χ0) is 20.8. The fraction of sp³-hybridized carbons (Fsp3) is 0.545. The van der Waals surface area contributed by atoms with Crippen molar-refractivity contribution in [3.63, 3.8) is 0 Å². The Bertz CT molecular complexity index is 815. The highest BCUT2D eigenvalue weighted by Gasteiger charge is 2.30. The van der Waals surface area contributed by atoms with Crippen molar-refractivity contribution in [1.29, 1.82) is 0 Å². The molecule has 0 aliphatic carbocycles. The first-order valence-electron chi connectivity index (χ1n) is 10.4. The maximum Gasteiger partial charge on any atom is 0.191 e. The largest absolute Gasteiger partial charge is 0.357 e. The summed E-state index contributed by atoms with van der Waals surface area (Å²) in [7, 11) is 2.21. The van der Waals surface area contributed by atoms with E-state index in [1.807, 2.05) is 12.1 Å². The summed E-state index contributed by atoms with van der Waals surface area (Å²) in [5, 5.41) is 8.81. The highest BCUT2D eigenvalue weighted by atomic mass is 35.5. The van der Waals surface area contributed by atoms with E-state index in [0.717, 1.165) is 41.3 Å². The number of piperidine rings is 1. The molecule has 0 radical (unpaired) electrons. The third-order valence-corrected chi connectivity index (χ3v) is 6.81. The third kappa shape index (κ3) is 5.93. The van der Waals surface area contributed by atoms with Crippen LogP contribution in [0.5, 0.6) is 0 Å². The number of thiazole rings is 1. The molecule has 1 aliphatic rings. The average molecular weight is 434 g/mol. The van der Waals surface area contributed by atoms with Gasteiger partial charge in [-0.05, 0) is 70.8 Å². The van der Waals surface area contributed by atoms with Crippen LogP contribution in [0.1, 0.15) is 46.9 Å². The molecule has 2 aromatic rings. The summed E-state index contributed by atoms with van der Waals surface area (Å²) in [6.45, 7) is 9.70. The van der Waals surface area contributed by atoms with Crippen molar-refractivity contribution in [2.24, 2.45) is 10.9 Å². The SMILES string of the molecule is CCNC(=NCc1nc(C)c(C)s1)NCC1CCCN(C)C1c1cccc(Cl)c1. The lowest BCUT2D eigenvalue weighted by molar-refractivity contribution is 0.122. The monoisotopic (exact) mass is 433 g/mol. The molecular weight excluding hydrogens is 402 g/mol. The van der Waals surface area contributed by atoms with Gasteiger partial charge in [0.05, 0.1) is 12.2 Å². The average Bonchev–Trinajstić information content (AvgIpc) is 3.01. The van der Waals surface area contributed by atoms with Crippen LogP contribution in [0.2, 0.25) is 5.02 Å². The van der Waals surface area contributed by atoms with Crippen molar-refractivity contribution >= 4 is 28.9 Å². The molecule has 2 unspecified atom stereocenters. The molecule has 158 valence electrons. The Labute approximate surface area is 183 Å². The summed E-state index contributed by atoms with van der Waals surface area (Å²) in [6, 6.07) is 8.65. The summed E-state index contributed by atoms with van der Waals surface area (Å²) in [5.41, 5.74) is 2.40. The molecule has 1 saturated heterocycles. The second-order valence-electron chi connectivity index (χ2n) is 7.71. The van der Waals surface area contributed by atoms with Crippen LogP contribution >= 0.6 is 22.9 Å². The maximum absolute atomic E-state index is 6.27. The number of halogens is 1. The van der Waals surface area contributed by atoms with Crippen LogP contribution in [0.4, 0.5) is 0 Å². The summed E-state index contributed by atoms with van der Waals surface area (Å²) < 4.78 is 0. The minimum atomic E-state index is 0.363. The lowest BCUT2D eigenvalue weighted by Gasteiger charge is -2.40. The van der Waals surface area contributed by atoms with Crippen molar-refractivity contribution in [3.8, 4) is 0 Å². The van der Waals surface area contributed by atoms with Gasteiger partial charge in [0, 0.05) is 29.0 Å². The molecule has 7 heteroatoms. The van der Waals surface area contributed by atoms with Crippen molar-refractivity contribution in [3.05, 3.63) is 50.4 Å². The predicted octanol–water partition coefficient (Wildman–Crippen LogP) is 4.55. The molecule has 29 heavy (non-hydrogen) atoms. The van der Waals surface area contributed by atoms with Gasteiger partial charge in [0.15, 0.2) is 5.96 Å². The Kier molecular flexibility index (Phi) is 7.92. The van der Waals surface area contributed by atoms with E-state index in [-0.39, 0.29) is 0 Å². The predicted molar refractivity (Wildman–Crippen MR) is 124 cm³/mol. The van der Waals surface area contributed by atoms with E-state index < -0.39 is 0 Å². The van der Waals surface area contributed by atoms with Crippen LogP contribution in [-0.2, 0) is 6.54 Å². The zero-order valence-corrected chi connectivity index (χ0v) is 19.4. The Morgan fingerprint density at radius 1 is 1.34 bits per heavy atom. The van der Waals surface area contributed by atoms with Crippen LogP contribution in [0.15, 0.2) is 29.3 Å². The van der Waals surface area contributed by atoms with Gasteiger partial charge in [0.25, 0.3) is 0 Å². The first-order valence-corrected chi connectivity index (χ1v) is 11.6. The number of aryl methyl sites for hydroxylation is 2. The Morgan fingerprint density at radius 2 is 2.17 bits per heavy atom. The molecule has 0 saturated carbocycles. The molecule has 0 amide bonds. The molecule has 1 aromatic heterocycles. The molecule has 5 nitrogen and oxygen atoms in total. The van der Waals surface area contributed by atoms with E-state index >= 15 is 0 Å². The summed E-state index contributed by atoms with van der Waals surface area (Å²) in [4.78, 5) is 13.1. The van der Waals surface area contributed by atoms with Crippen molar-refractivity contribution < 1.29 is 0 Å². The van der Waals surface area contributed by atoms with Crippen LogP contribution in [0, 0.1) is 19.8 Å². The van der Waals surface area contributed by atoms with Crippen molar-refractivity contribution in [2.75, 3.05) is 26.7 Å². The lowest BCUT2D eigenvalue weighted by atomic mass is 9.85. The molecular formula is C22H32ClN5S. The van der Waals surface area contributed by atoms with E-state index in [9.17, 15) is 0 Å². The number of benzene rings is 1. The van der Waals surface area contributed by atoms with E-state index in [4.69, 9.17) is 16.6 Å². The molecule has 1 aliphatic heterocycles. The number of nitrogens with one attached hydrogen (secondary N) is 2. The topological polar surface area (TPSA) is 52.6 Å². The third-order valence-electron chi connectivity index (χ3n) is 5.52. The molecule has 1 fully saturated rings. The van der Waals surface area contributed by atoms with Crippen LogP contribution in [0.25, 0.3) is 0 Å². The highest BCUT2D eigenvalue weighted by molar-refractivity contribution is 7.11. The van der Waals surface area contributed by atoms with Crippen molar-refractivity contribution in [2.45, 2.75) is 46.2 Å². The second-order valence-corrected chi connectivity index (χ2v) is 9.43. The van der Waals surface area contributed by atoms with E-state index in [1.54, 1.807) is 11.3 Å².